The van der Waals surface area contributed by atoms with Gasteiger partial charge in [0.25, 0.3) is 0 Å². The van der Waals surface area contributed by atoms with E-state index in [0.29, 0.717) is 12.5 Å². The first-order chi connectivity index (χ1) is 6.27. The molecule has 0 aliphatic rings. The maximum absolute atomic E-state index is 5.45. The van der Waals surface area contributed by atoms with E-state index in [9.17, 15) is 0 Å². The summed E-state index contributed by atoms with van der Waals surface area (Å²) in [5.74, 6) is 0.584. The molecule has 0 bridgehead atoms. The second kappa shape index (κ2) is 10.3. The zero-order valence-corrected chi connectivity index (χ0v) is 9.44. The van der Waals surface area contributed by atoms with Crippen molar-refractivity contribution in [3.8, 4) is 0 Å². The van der Waals surface area contributed by atoms with Gasteiger partial charge >= 0.3 is 0 Å². The van der Waals surface area contributed by atoms with Gasteiger partial charge in [0.2, 0.25) is 0 Å². The molecule has 0 aromatic rings. The van der Waals surface area contributed by atoms with Gasteiger partial charge in [-0.1, -0.05) is 0 Å². The molecule has 80 valence electrons. The number of nitrogens with one attached hydrogen (secondary N) is 1. The van der Waals surface area contributed by atoms with Crippen LogP contribution in [0.3, 0.4) is 0 Å². The van der Waals surface area contributed by atoms with Gasteiger partial charge in [0.1, 0.15) is 0 Å². The van der Waals surface area contributed by atoms with Gasteiger partial charge in [-0.05, 0) is 33.6 Å². The van der Waals surface area contributed by atoms with Crippen LogP contribution in [0.25, 0.3) is 0 Å². The van der Waals surface area contributed by atoms with Gasteiger partial charge < -0.3 is 15.0 Å². The lowest BCUT2D eigenvalue weighted by atomic mass is 10.4. The van der Waals surface area contributed by atoms with Gasteiger partial charge in [-0.2, -0.15) is 0 Å². The van der Waals surface area contributed by atoms with E-state index in [0.717, 1.165) is 26.2 Å². The van der Waals surface area contributed by atoms with E-state index in [1.54, 1.807) is 0 Å². The van der Waals surface area contributed by atoms with Crippen molar-refractivity contribution in [1.82, 2.24) is 10.2 Å². The molecule has 3 nitrogen and oxygen atoms in total. The Morgan fingerprint density at radius 2 is 2.00 bits per heavy atom. The summed E-state index contributed by atoms with van der Waals surface area (Å²) in [7, 11) is 4.17. The van der Waals surface area contributed by atoms with Crippen LogP contribution in [0.4, 0.5) is 0 Å². The molecule has 0 heterocycles. The highest BCUT2D eigenvalue weighted by Crippen LogP contribution is 1.81. The topological polar surface area (TPSA) is 24.5 Å². The van der Waals surface area contributed by atoms with Crippen molar-refractivity contribution in [2.75, 3.05) is 52.8 Å². The van der Waals surface area contributed by atoms with Gasteiger partial charge in [-0.15, -0.1) is 11.6 Å². The number of ether oxygens (including phenoxy) is 1. The number of rotatable bonds is 9. The Labute approximate surface area is 86.4 Å². The van der Waals surface area contributed by atoms with Crippen LogP contribution in [0.2, 0.25) is 0 Å². The predicted molar refractivity (Wildman–Crippen MR) is 57.6 cm³/mol. The van der Waals surface area contributed by atoms with E-state index in [1.165, 1.54) is 6.42 Å². The van der Waals surface area contributed by atoms with Crippen LogP contribution in [-0.4, -0.2) is 57.7 Å². The van der Waals surface area contributed by atoms with Crippen LogP contribution in [0, 0.1) is 0 Å². The second-order valence-corrected chi connectivity index (χ2v) is 3.59. The van der Waals surface area contributed by atoms with Gasteiger partial charge in [-0.25, -0.2) is 0 Å². The summed E-state index contributed by atoms with van der Waals surface area (Å²) in [6, 6.07) is 0. The Kier molecular flexibility index (Phi) is 10.4. The Morgan fingerprint density at radius 1 is 1.23 bits per heavy atom. The molecular weight excluding hydrogens is 188 g/mol. The molecule has 0 aromatic heterocycles. The molecule has 13 heavy (non-hydrogen) atoms. The predicted octanol–water partition coefficient (Wildman–Crippen LogP) is 0.783. The molecule has 1 N–H and O–H groups in total. The summed E-state index contributed by atoms with van der Waals surface area (Å²) in [5, 5.41) is 3.30. The molecule has 0 atom stereocenters. The van der Waals surface area contributed by atoms with E-state index in [-0.39, 0.29) is 0 Å². The first-order valence-corrected chi connectivity index (χ1v) is 5.30. The van der Waals surface area contributed by atoms with Crippen LogP contribution in [0.15, 0.2) is 0 Å². The zero-order chi connectivity index (χ0) is 9.94. The minimum atomic E-state index is 0.584. The van der Waals surface area contributed by atoms with E-state index < -0.39 is 0 Å². The normalized spacial score (nSPS) is 11.1. The van der Waals surface area contributed by atoms with Crippen molar-refractivity contribution in [2.45, 2.75) is 6.42 Å². The maximum atomic E-state index is 5.45. The lowest BCUT2D eigenvalue weighted by Gasteiger charge is -2.09. The third-order valence-corrected chi connectivity index (χ3v) is 1.76. The van der Waals surface area contributed by atoms with Crippen molar-refractivity contribution in [3.63, 3.8) is 0 Å². The highest BCUT2D eigenvalue weighted by molar-refractivity contribution is 6.17. The zero-order valence-electron chi connectivity index (χ0n) is 8.68. The van der Waals surface area contributed by atoms with Crippen molar-refractivity contribution >= 4 is 11.6 Å². The smallest absolute Gasteiger partial charge is 0.0602 e. The van der Waals surface area contributed by atoms with E-state index >= 15 is 0 Å². The molecule has 0 saturated carbocycles. The number of nitrogens with zero attached hydrogens (tertiary/aromatic N) is 1. The summed E-state index contributed by atoms with van der Waals surface area (Å²) in [6.07, 6.45) is 1.18. The first-order valence-electron chi connectivity index (χ1n) is 4.76. The lowest BCUT2D eigenvalue weighted by Crippen LogP contribution is -2.24. The van der Waals surface area contributed by atoms with Crippen molar-refractivity contribution in [3.05, 3.63) is 0 Å². The summed E-state index contributed by atoms with van der Waals surface area (Å²) in [6.45, 7) is 4.53. The largest absolute Gasteiger partial charge is 0.379 e. The van der Waals surface area contributed by atoms with Crippen molar-refractivity contribution in [1.29, 1.82) is 0 Å². The molecule has 0 spiro atoms. The number of hydrogen-bond acceptors (Lipinski definition) is 3. The van der Waals surface area contributed by atoms with Crippen LogP contribution in [0.1, 0.15) is 6.42 Å². The second-order valence-electron chi connectivity index (χ2n) is 3.21. The van der Waals surface area contributed by atoms with Gasteiger partial charge in [0, 0.05) is 12.4 Å². The average molecular weight is 209 g/mol. The molecule has 0 aliphatic carbocycles. The summed E-state index contributed by atoms with van der Waals surface area (Å²) in [5.41, 5.74) is 0. The molecule has 0 aromatic carbocycles. The average Bonchev–Trinajstić information content (AvgIpc) is 2.09. The Morgan fingerprint density at radius 3 is 2.62 bits per heavy atom. The Bertz CT molecular complexity index is 102. The molecule has 0 radical (unpaired) electrons. The van der Waals surface area contributed by atoms with Crippen LogP contribution in [0.5, 0.6) is 0 Å². The maximum Gasteiger partial charge on any atom is 0.0602 e. The highest BCUT2D eigenvalue weighted by Gasteiger charge is 1.90. The Balaban J connectivity index is 2.84. The quantitative estimate of drug-likeness (QED) is 0.448. The highest BCUT2D eigenvalue weighted by atomic mass is 35.5. The first kappa shape index (κ1) is 13.2. The monoisotopic (exact) mass is 208 g/mol. The molecule has 4 heteroatoms. The molecule has 0 aliphatic heterocycles. The number of alkyl halides is 1. The summed E-state index contributed by atoms with van der Waals surface area (Å²) >= 11 is 5.45. The molecule has 0 fully saturated rings. The summed E-state index contributed by atoms with van der Waals surface area (Å²) in [4.78, 5) is 2.19. The number of hydrogen-bond donors (Lipinski definition) is 1. The molecule has 0 saturated heterocycles. The minimum Gasteiger partial charge on any atom is -0.379 e. The van der Waals surface area contributed by atoms with Gasteiger partial charge in [-0.3, -0.25) is 0 Å². The fraction of sp³-hybridized carbons (Fsp3) is 1.00. The van der Waals surface area contributed by atoms with E-state index in [2.05, 4.69) is 24.3 Å². The Hall–Kier alpha value is 0.170. The lowest BCUT2D eigenvalue weighted by molar-refractivity contribution is 0.151. The third kappa shape index (κ3) is 12.2. The summed E-state index contributed by atoms with van der Waals surface area (Å²) < 4.78 is 5.21. The van der Waals surface area contributed by atoms with E-state index in [4.69, 9.17) is 16.3 Å². The van der Waals surface area contributed by atoms with Crippen LogP contribution in [-0.2, 0) is 4.74 Å². The standard InChI is InChI=1S/C9H21ClN2O/c1-12(2)7-3-5-11-6-9-13-8-4-10/h11H,3-9H2,1-2H3. The van der Waals surface area contributed by atoms with Crippen LogP contribution >= 0.6 is 11.6 Å². The fourth-order valence-electron chi connectivity index (χ4n) is 0.946. The van der Waals surface area contributed by atoms with Gasteiger partial charge in [0.05, 0.1) is 13.2 Å². The molecule has 0 unspecified atom stereocenters. The van der Waals surface area contributed by atoms with Crippen molar-refractivity contribution in [2.24, 2.45) is 0 Å². The SMILES string of the molecule is CN(C)CCCNCCOCCCl. The fourth-order valence-corrected chi connectivity index (χ4v) is 1.06. The van der Waals surface area contributed by atoms with Gasteiger partial charge in [0.15, 0.2) is 0 Å². The molecule has 0 amide bonds. The minimum absolute atomic E-state index is 0.584. The number of halogens is 1. The van der Waals surface area contributed by atoms with Crippen LogP contribution < -0.4 is 5.32 Å². The van der Waals surface area contributed by atoms with Crippen molar-refractivity contribution < 1.29 is 4.74 Å². The third-order valence-electron chi connectivity index (χ3n) is 1.60. The molecular formula is C9H21ClN2O. The molecule has 0 rings (SSSR count). The van der Waals surface area contributed by atoms with E-state index in [1.807, 2.05) is 0 Å².